The van der Waals surface area contributed by atoms with Crippen molar-refractivity contribution in [2.24, 2.45) is 11.5 Å². The van der Waals surface area contributed by atoms with E-state index in [9.17, 15) is 19.2 Å². The zero-order chi connectivity index (χ0) is 22.1. The second-order valence-electron chi connectivity index (χ2n) is 6.65. The van der Waals surface area contributed by atoms with Crippen molar-refractivity contribution in [3.63, 3.8) is 0 Å². The van der Waals surface area contributed by atoms with E-state index in [1.54, 1.807) is 42.5 Å². The summed E-state index contributed by atoms with van der Waals surface area (Å²) in [5.74, 6) is -3.32. The van der Waals surface area contributed by atoms with Gasteiger partial charge in [-0.3, -0.25) is 9.59 Å². The van der Waals surface area contributed by atoms with E-state index in [1.807, 2.05) is 0 Å². The molecule has 2 rings (SSSR count). The van der Waals surface area contributed by atoms with Crippen LogP contribution >= 0.6 is 0 Å². The van der Waals surface area contributed by atoms with E-state index in [2.05, 4.69) is 6.58 Å². The number of nitrogens with two attached hydrogens (primary N) is 2. The number of ether oxygens (including phenoxy) is 1. The Kier molecular flexibility index (Phi) is 8.34. The van der Waals surface area contributed by atoms with E-state index >= 15 is 0 Å². The summed E-state index contributed by atoms with van der Waals surface area (Å²) < 4.78 is 4.69. The van der Waals surface area contributed by atoms with Gasteiger partial charge in [0.05, 0.1) is 0 Å². The molecule has 0 aromatic heterocycles. The summed E-state index contributed by atoms with van der Waals surface area (Å²) in [6.07, 6.45) is 1.60. The van der Waals surface area contributed by atoms with Crippen molar-refractivity contribution in [3.8, 4) is 0 Å². The largest absolute Gasteiger partial charge is 0.388 e. The van der Waals surface area contributed by atoms with Crippen molar-refractivity contribution in [3.05, 3.63) is 83.4 Å². The second kappa shape index (κ2) is 10.9. The standard InChI is InChI=1S/C23H24N2O5/c1-15(22(28)30-23(29)19(25)13-7-8-14-24)20(26)17-11-5-6-12-18(17)21(27)16-9-3-2-4-10-16/h2-6,9-12,19H,1,7-8,13-14,24-25H2/t19-/m0/s1. The molecule has 0 saturated heterocycles. The van der Waals surface area contributed by atoms with Crippen molar-refractivity contribution in [2.45, 2.75) is 25.3 Å². The molecule has 7 heteroatoms. The normalized spacial score (nSPS) is 11.4. The van der Waals surface area contributed by atoms with E-state index in [-0.39, 0.29) is 16.9 Å². The van der Waals surface area contributed by atoms with Crippen LogP contribution in [0.3, 0.4) is 0 Å². The number of hydrogen-bond acceptors (Lipinski definition) is 7. The number of hydrogen-bond donors (Lipinski definition) is 2. The van der Waals surface area contributed by atoms with Gasteiger partial charge in [0, 0.05) is 16.7 Å². The predicted octanol–water partition coefficient (Wildman–Crippen LogP) is 2.18. The van der Waals surface area contributed by atoms with Crippen LogP contribution in [-0.4, -0.2) is 36.1 Å². The highest BCUT2D eigenvalue weighted by atomic mass is 16.6. The molecular weight excluding hydrogens is 384 g/mol. The molecule has 0 heterocycles. The minimum Gasteiger partial charge on any atom is -0.388 e. The summed E-state index contributed by atoms with van der Waals surface area (Å²) in [5.41, 5.74) is 11.0. The quantitative estimate of drug-likeness (QED) is 0.154. The molecule has 0 fully saturated rings. The zero-order valence-electron chi connectivity index (χ0n) is 16.5. The highest BCUT2D eigenvalue weighted by Gasteiger charge is 2.27. The number of ketones is 2. The third kappa shape index (κ3) is 5.79. The molecule has 0 spiro atoms. The fourth-order valence-electron chi connectivity index (χ4n) is 2.73. The van der Waals surface area contributed by atoms with Crippen molar-refractivity contribution in [1.82, 2.24) is 0 Å². The number of Topliss-reactive ketones (excluding diaryl/α,β-unsaturated/α-hetero) is 1. The average Bonchev–Trinajstić information content (AvgIpc) is 2.78. The fraction of sp³-hybridized carbons (Fsp3) is 0.217. The number of benzene rings is 2. The van der Waals surface area contributed by atoms with Crippen LogP contribution in [0.4, 0.5) is 0 Å². The molecule has 0 bridgehead atoms. The molecule has 4 N–H and O–H groups in total. The number of carbonyl (C=O) groups is 4. The molecular formula is C23H24N2O5. The summed E-state index contributed by atoms with van der Waals surface area (Å²) in [7, 11) is 0. The Labute approximate surface area is 174 Å². The van der Waals surface area contributed by atoms with Crippen LogP contribution in [0, 0.1) is 0 Å². The average molecular weight is 408 g/mol. The number of esters is 2. The summed E-state index contributed by atoms with van der Waals surface area (Å²) in [4.78, 5) is 49.8. The topological polar surface area (TPSA) is 130 Å². The molecule has 156 valence electrons. The van der Waals surface area contributed by atoms with Crippen LogP contribution in [0.2, 0.25) is 0 Å². The predicted molar refractivity (Wildman–Crippen MR) is 112 cm³/mol. The number of carbonyl (C=O) groups excluding carboxylic acids is 4. The lowest BCUT2D eigenvalue weighted by Crippen LogP contribution is -2.34. The van der Waals surface area contributed by atoms with Crippen LogP contribution in [0.1, 0.15) is 45.5 Å². The molecule has 0 aliphatic carbocycles. The van der Waals surface area contributed by atoms with Gasteiger partial charge < -0.3 is 16.2 Å². The molecule has 0 saturated carbocycles. The first-order valence-corrected chi connectivity index (χ1v) is 9.50. The van der Waals surface area contributed by atoms with E-state index < -0.39 is 29.3 Å². The van der Waals surface area contributed by atoms with Gasteiger partial charge in [0.15, 0.2) is 11.6 Å². The molecule has 0 amide bonds. The maximum absolute atomic E-state index is 12.8. The van der Waals surface area contributed by atoms with Crippen molar-refractivity contribution >= 4 is 23.5 Å². The Bertz CT molecular complexity index is 953. The second-order valence-corrected chi connectivity index (χ2v) is 6.65. The van der Waals surface area contributed by atoms with Gasteiger partial charge in [-0.2, -0.15) is 0 Å². The Morgan fingerprint density at radius 3 is 2.13 bits per heavy atom. The maximum Gasteiger partial charge on any atom is 0.349 e. The Morgan fingerprint density at radius 2 is 1.50 bits per heavy atom. The van der Waals surface area contributed by atoms with Gasteiger partial charge in [-0.15, -0.1) is 0 Å². The summed E-state index contributed by atoms with van der Waals surface area (Å²) in [6, 6.07) is 13.5. The lowest BCUT2D eigenvalue weighted by molar-refractivity contribution is -0.157. The van der Waals surface area contributed by atoms with E-state index in [4.69, 9.17) is 16.2 Å². The highest BCUT2D eigenvalue weighted by molar-refractivity contribution is 6.28. The summed E-state index contributed by atoms with van der Waals surface area (Å²) in [5, 5.41) is 0. The SMILES string of the molecule is C=C(C(=O)OC(=O)[C@@H](N)CCCCN)C(=O)c1ccccc1C(=O)c1ccccc1. The first kappa shape index (κ1) is 22.9. The van der Waals surface area contributed by atoms with Crippen LogP contribution in [0.15, 0.2) is 66.7 Å². The van der Waals surface area contributed by atoms with Crippen LogP contribution in [-0.2, 0) is 14.3 Å². The molecule has 0 aliphatic rings. The first-order chi connectivity index (χ1) is 14.4. The summed E-state index contributed by atoms with van der Waals surface area (Å²) >= 11 is 0. The molecule has 30 heavy (non-hydrogen) atoms. The third-order valence-electron chi connectivity index (χ3n) is 4.44. The number of unbranched alkanes of at least 4 members (excludes halogenated alkanes) is 1. The van der Waals surface area contributed by atoms with E-state index in [0.29, 0.717) is 31.4 Å². The smallest absolute Gasteiger partial charge is 0.349 e. The lowest BCUT2D eigenvalue weighted by atomic mass is 9.94. The van der Waals surface area contributed by atoms with Gasteiger partial charge in [-0.1, -0.05) is 67.6 Å². The molecule has 2 aromatic carbocycles. The Morgan fingerprint density at radius 1 is 0.900 bits per heavy atom. The van der Waals surface area contributed by atoms with Crippen LogP contribution in [0.5, 0.6) is 0 Å². The van der Waals surface area contributed by atoms with Crippen molar-refractivity contribution < 1.29 is 23.9 Å². The first-order valence-electron chi connectivity index (χ1n) is 9.50. The third-order valence-corrected chi connectivity index (χ3v) is 4.44. The molecule has 0 unspecified atom stereocenters. The van der Waals surface area contributed by atoms with E-state index in [1.165, 1.54) is 12.1 Å². The van der Waals surface area contributed by atoms with Crippen LogP contribution < -0.4 is 11.5 Å². The fourth-order valence-corrected chi connectivity index (χ4v) is 2.73. The van der Waals surface area contributed by atoms with Gasteiger partial charge in [0.1, 0.15) is 11.6 Å². The van der Waals surface area contributed by atoms with Crippen LogP contribution in [0.25, 0.3) is 0 Å². The van der Waals surface area contributed by atoms with Gasteiger partial charge >= 0.3 is 11.9 Å². The van der Waals surface area contributed by atoms with Crippen molar-refractivity contribution in [1.29, 1.82) is 0 Å². The van der Waals surface area contributed by atoms with E-state index in [0.717, 1.165) is 0 Å². The van der Waals surface area contributed by atoms with Gasteiger partial charge in [0.25, 0.3) is 0 Å². The number of rotatable bonds is 10. The Hall–Kier alpha value is -3.42. The maximum atomic E-state index is 12.8. The monoisotopic (exact) mass is 408 g/mol. The zero-order valence-corrected chi connectivity index (χ0v) is 16.5. The molecule has 1 atom stereocenters. The lowest BCUT2D eigenvalue weighted by Gasteiger charge is -2.12. The molecule has 2 aromatic rings. The van der Waals surface area contributed by atoms with Crippen molar-refractivity contribution in [2.75, 3.05) is 6.54 Å². The van der Waals surface area contributed by atoms with Gasteiger partial charge in [-0.25, -0.2) is 9.59 Å². The van der Waals surface area contributed by atoms with Gasteiger partial charge in [-0.05, 0) is 19.4 Å². The molecule has 0 aliphatic heterocycles. The minimum absolute atomic E-state index is 0.00648. The minimum atomic E-state index is -1.19. The molecule has 0 radical (unpaired) electrons. The highest BCUT2D eigenvalue weighted by Crippen LogP contribution is 2.18. The summed E-state index contributed by atoms with van der Waals surface area (Å²) in [6.45, 7) is 3.91. The Balaban J connectivity index is 2.13. The van der Waals surface area contributed by atoms with Gasteiger partial charge in [0.2, 0.25) is 0 Å². The molecule has 7 nitrogen and oxygen atoms in total.